The van der Waals surface area contributed by atoms with E-state index >= 15 is 0 Å². The average Bonchev–Trinajstić information content (AvgIpc) is 2.67. The second kappa shape index (κ2) is 4.90. The van der Waals surface area contributed by atoms with Crippen molar-refractivity contribution in [3.8, 4) is 0 Å². The molecule has 0 atom stereocenters. The van der Waals surface area contributed by atoms with E-state index in [2.05, 4.69) is 11.4 Å². The van der Waals surface area contributed by atoms with Gasteiger partial charge in [-0.3, -0.25) is 0 Å². The zero-order valence-electron chi connectivity index (χ0n) is 10.4. The Bertz CT molecular complexity index is 482. The standard InChI is InChI=1S/C14H19NO2/c1-14(2,16)10-15-8-7-11-9-17-13-6-4-3-5-12(11)13/h3-6,9,15-16H,7-8,10H2,1-2H3. The molecule has 0 aliphatic carbocycles. The predicted molar refractivity (Wildman–Crippen MR) is 69.1 cm³/mol. The molecule has 0 radical (unpaired) electrons. The molecule has 92 valence electrons. The monoisotopic (exact) mass is 233 g/mol. The Morgan fingerprint density at radius 1 is 1.29 bits per heavy atom. The van der Waals surface area contributed by atoms with Crippen LogP contribution in [0.1, 0.15) is 19.4 Å². The zero-order valence-corrected chi connectivity index (χ0v) is 10.4. The lowest BCUT2D eigenvalue weighted by Crippen LogP contribution is -2.35. The van der Waals surface area contributed by atoms with Gasteiger partial charge in [-0.1, -0.05) is 18.2 Å². The van der Waals surface area contributed by atoms with Crippen LogP contribution >= 0.6 is 0 Å². The summed E-state index contributed by atoms with van der Waals surface area (Å²) in [6.07, 6.45) is 2.73. The minimum absolute atomic E-state index is 0.600. The maximum absolute atomic E-state index is 9.57. The van der Waals surface area contributed by atoms with Gasteiger partial charge < -0.3 is 14.8 Å². The molecule has 1 aromatic heterocycles. The van der Waals surface area contributed by atoms with Gasteiger partial charge in [0.25, 0.3) is 0 Å². The summed E-state index contributed by atoms with van der Waals surface area (Å²) in [5.74, 6) is 0. The number of hydrogen-bond acceptors (Lipinski definition) is 3. The topological polar surface area (TPSA) is 45.4 Å². The molecule has 0 aliphatic rings. The Labute approximate surface area is 101 Å². The quantitative estimate of drug-likeness (QED) is 0.779. The molecule has 0 saturated carbocycles. The molecule has 0 unspecified atom stereocenters. The third-order valence-electron chi connectivity index (χ3n) is 2.69. The van der Waals surface area contributed by atoms with Gasteiger partial charge in [0.1, 0.15) is 5.58 Å². The maximum Gasteiger partial charge on any atom is 0.134 e. The number of benzene rings is 1. The lowest BCUT2D eigenvalue weighted by atomic mass is 10.1. The van der Waals surface area contributed by atoms with Crippen molar-refractivity contribution in [2.45, 2.75) is 25.9 Å². The zero-order chi connectivity index (χ0) is 12.3. The largest absolute Gasteiger partial charge is 0.464 e. The molecule has 2 aromatic rings. The Balaban J connectivity index is 1.91. The van der Waals surface area contributed by atoms with Crippen LogP contribution in [-0.4, -0.2) is 23.8 Å². The normalized spacial score (nSPS) is 12.2. The van der Waals surface area contributed by atoms with Gasteiger partial charge >= 0.3 is 0 Å². The van der Waals surface area contributed by atoms with Gasteiger partial charge in [-0.25, -0.2) is 0 Å². The number of fused-ring (bicyclic) bond motifs is 1. The summed E-state index contributed by atoms with van der Waals surface area (Å²) in [5.41, 5.74) is 1.49. The van der Waals surface area contributed by atoms with Gasteiger partial charge in [-0.05, 0) is 38.4 Å². The van der Waals surface area contributed by atoms with E-state index in [4.69, 9.17) is 4.42 Å². The molecule has 0 fully saturated rings. The SMILES string of the molecule is CC(C)(O)CNCCc1coc2ccccc12. The van der Waals surface area contributed by atoms with Crippen LogP contribution in [0.3, 0.4) is 0 Å². The third kappa shape index (κ3) is 3.32. The van der Waals surface area contributed by atoms with Gasteiger partial charge in [0.15, 0.2) is 0 Å². The summed E-state index contributed by atoms with van der Waals surface area (Å²) in [6.45, 7) is 5.04. The van der Waals surface area contributed by atoms with Crippen molar-refractivity contribution in [2.24, 2.45) is 0 Å². The molecular weight excluding hydrogens is 214 g/mol. The highest BCUT2D eigenvalue weighted by atomic mass is 16.3. The van der Waals surface area contributed by atoms with E-state index in [1.54, 1.807) is 13.8 Å². The summed E-state index contributed by atoms with van der Waals surface area (Å²) in [6, 6.07) is 8.04. The molecule has 1 aromatic carbocycles. The van der Waals surface area contributed by atoms with Crippen LogP contribution in [0.2, 0.25) is 0 Å². The number of para-hydroxylation sites is 1. The fourth-order valence-corrected chi connectivity index (χ4v) is 1.84. The highest BCUT2D eigenvalue weighted by Gasteiger charge is 2.11. The minimum Gasteiger partial charge on any atom is -0.464 e. The summed E-state index contributed by atoms with van der Waals surface area (Å²) in [4.78, 5) is 0. The van der Waals surface area contributed by atoms with E-state index in [1.165, 1.54) is 10.9 Å². The minimum atomic E-state index is -0.654. The molecule has 3 heteroatoms. The van der Waals surface area contributed by atoms with Gasteiger partial charge in [0.05, 0.1) is 11.9 Å². The first-order chi connectivity index (χ1) is 8.06. The van der Waals surface area contributed by atoms with Crippen LogP contribution in [0, 0.1) is 0 Å². The van der Waals surface area contributed by atoms with Crippen LogP contribution in [-0.2, 0) is 6.42 Å². The van der Waals surface area contributed by atoms with Crippen LogP contribution < -0.4 is 5.32 Å². The number of furan rings is 1. The molecule has 3 nitrogen and oxygen atoms in total. The molecule has 0 spiro atoms. The second-order valence-corrected chi connectivity index (χ2v) is 5.00. The van der Waals surface area contributed by atoms with Crippen molar-refractivity contribution in [1.29, 1.82) is 0 Å². The number of rotatable bonds is 5. The summed E-state index contributed by atoms with van der Waals surface area (Å²) in [7, 11) is 0. The fraction of sp³-hybridized carbons (Fsp3) is 0.429. The van der Waals surface area contributed by atoms with Crippen molar-refractivity contribution in [3.63, 3.8) is 0 Å². The molecule has 0 aliphatic heterocycles. The van der Waals surface area contributed by atoms with E-state index in [0.717, 1.165) is 18.5 Å². The van der Waals surface area contributed by atoms with Gasteiger partial charge in [0.2, 0.25) is 0 Å². The average molecular weight is 233 g/mol. The predicted octanol–water partition coefficient (Wildman–Crippen LogP) is 2.34. The Hall–Kier alpha value is -1.32. The van der Waals surface area contributed by atoms with E-state index in [1.807, 2.05) is 24.5 Å². The Morgan fingerprint density at radius 2 is 2.06 bits per heavy atom. The van der Waals surface area contributed by atoms with Crippen LogP contribution in [0.4, 0.5) is 0 Å². The van der Waals surface area contributed by atoms with E-state index in [9.17, 15) is 5.11 Å². The first-order valence-electron chi connectivity index (χ1n) is 5.94. The molecule has 0 amide bonds. The highest BCUT2D eigenvalue weighted by Crippen LogP contribution is 2.20. The molecular formula is C14H19NO2. The van der Waals surface area contributed by atoms with Crippen LogP contribution in [0.25, 0.3) is 11.0 Å². The van der Waals surface area contributed by atoms with Crippen molar-refractivity contribution < 1.29 is 9.52 Å². The fourth-order valence-electron chi connectivity index (χ4n) is 1.84. The second-order valence-electron chi connectivity index (χ2n) is 5.00. The third-order valence-corrected chi connectivity index (χ3v) is 2.69. The van der Waals surface area contributed by atoms with Gasteiger partial charge in [-0.2, -0.15) is 0 Å². The molecule has 17 heavy (non-hydrogen) atoms. The van der Waals surface area contributed by atoms with Gasteiger partial charge in [0, 0.05) is 11.9 Å². The van der Waals surface area contributed by atoms with E-state index in [0.29, 0.717) is 6.54 Å². The molecule has 2 rings (SSSR count). The van der Waals surface area contributed by atoms with Gasteiger partial charge in [-0.15, -0.1) is 0 Å². The van der Waals surface area contributed by atoms with Crippen molar-refractivity contribution in [1.82, 2.24) is 5.32 Å². The van der Waals surface area contributed by atoms with Crippen molar-refractivity contribution in [2.75, 3.05) is 13.1 Å². The molecule has 1 heterocycles. The first kappa shape index (κ1) is 12.1. The molecule has 0 saturated heterocycles. The Kier molecular flexibility index (Phi) is 3.50. The lowest BCUT2D eigenvalue weighted by Gasteiger charge is -2.17. The lowest BCUT2D eigenvalue weighted by molar-refractivity contribution is 0.0801. The number of nitrogens with one attached hydrogen (secondary N) is 1. The maximum atomic E-state index is 9.57. The molecule has 0 bridgehead atoms. The first-order valence-corrected chi connectivity index (χ1v) is 5.94. The van der Waals surface area contributed by atoms with Crippen LogP contribution in [0.5, 0.6) is 0 Å². The van der Waals surface area contributed by atoms with E-state index in [-0.39, 0.29) is 0 Å². The van der Waals surface area contributed by atoms with Crippen molar-refractivity contribution in [3.05, 3.63) is 36.1 Å². The molecule has 2 N–H and O–H groups in total. The Morgan fingerprint density at radius 3 is 2.82 bits per heavy atom. The summed E-state index contributed by atoms with van der Waals surface area (Å²) in [5, 5.41) is 14.0. The number of hydrogen-bond donors (Lipinski definition) is 2. The highest BCUT2D eigenvalue weighted by molar-refractivity contribution is 5.80. The van der Waals surface area contributed by atoms with Crippen molar-refractivity contribution >= 4 is 11.0 Å². The van der Waals surface area contributed by atoms with Crippen LogP contribution in [0.15, 0.2) is 34.9 Å². The number of aliphatic hydroxyl groups is 1. The smallest absolute Gasteiger partial charge is 0.134 e. The summed E-state index contributed by atoms with van der Waals surface area (Å²) >= 11 is 0. The van der Waals surface area contributed by atoms with E-state index < -0.39 is 5.60 Å². The summed E-state index contributed by atoms with van der Waals surface area (Å²) < 4.78 is 5.47.